The third kappa shape index (κ3) is 4.69. The van der Waals surface area contributed by atoms with Gasteiger partial charge in [-0.15, -0.1) is 6.58 Å². The minimum absolute atomic E-state index is 0.167. The molecule has 0 aromatic heterocycles. The molecule has 4 nitrogen and oxygen atoms in total. The fraction of sp³-hybridized carbons (Fsp3) is 0.357. The third-order valence-electron chi connectivity index (χ3n) is 2.58. The number of aryl methyl sites for hydroxylation is 1. The topological polar surface area (TPSA) is 75.4 Å². The van der Waals surface area contributed by atoms with Crippen LogP contribution in [0.1, 0.15) is 18.4 Å². The van der Waals surface area contributed by atoms with Crippen molar-refractivity contribution in [3.8, 4) is 0 Å². The summed E-state index contributed by atoms with van der Waals surface area (Å²) in [7, 11) is 0. The largest absolute Gasteiger partial charge is 0.396 e. The van der Waals surface area contributed by atoms with E-state index in [-0.39, 0.29) is 12.5 Å². The van der Waals surface area contributed by atoms with Gasteiger partial charge in [0.1, 0.15) is 0 Å². The number of nitrogens with two attached hydrogens (primary N) is 1. The molecule has 18 heavy (non-hydrogen) atoms. The third-order valence-corrected chi connectivity index (χ3v) is 2.58. The SMILES string of the molecule is C=CCC(N)C(=O)Nc1cccc(CCCO)c1. The van der Waals surface area contributed by atoms with Gasteiger partial charge in [0.25, 0.3) is 0 Å². The van der Waals surface area contributed by atoms with E-state index in [0.717, 1.165) is 17.7 Å². The van der Waals surface area contributed by atoms with E-state index in [1.807, 2.05) is 24.3 Å². The van der Waals surface area contributed by atoms with Crippen LogP contribution in [0, 0.1) is 0 Å². The van der Waals surface area contributed by atoms with Gasteiger partial charge in [-0.3, -0.25) is 4.79 Å². The van der Waals surface area contributed by atoms with Gasteiger partial charge >= 0.3 is 0 Å². The zero-order valence-electron chi connectivity index (χ0n) is 10.4. The number of aliphatic hydroxyl groups is 1. The van der Waals surface area contributed by atoms with Crippen molar-refractivity contribution in [1.82, 2.24) is 0 Å². The fourth-order valence-electron chi connectivity index (χ4n) is 1.61. The Balaban J connectivity index is 2.61. The van der Waals surface area contributed by atoms with Gasteiger partial charge in [0.15, 0.2) is 0 Å². The van der Waals surface area contributed by atoms with E-state index in [2.05, 4.69) is 11.9 Å². The first-order valence-corrected chi connectivity index (χ1v) is 6.04. The summed E-state index contributed by atoms with van der Waals surface area (Å²) in [4.78, 5) is 11.7. The summed E-state index contributed by atoms with van der Waals surface area (Å²) in [5, 5.41) is 11.5. The highest BCUT2D eigenvalue weighted by Gasteiger charge is 2.11. The standard InChI is InChI=1S/C14H20N2O2/c1-2-5-13(15)14(18)16-12-8-3-6-11(10-12)7-4-9-17/h2-3,6,8,10,13,17H,1,4-5,7,9,15H2,(H,16,18). The van der Waals surface area contributed by atoms with Gasteiger partial charge in [-0.05, 0) is 37.0 Å². The van der Waals surface area contributed by atoms with Crippen LogP contribution in [0.4, 0.5) is 5.69 Å². The number of anilines is 1. The molecule has 1 aromatic rings. The summed E-state index contributed by atoms with van der Waals surface area (Å²) < 4.78 is 0. The van der Waals surface area contributed by atoms with Crippen LogP contribution in [-0.2, 0) is 11.2 Å². The molecule has 4 N–H and O–H groups in total. The molecule has 98 valence electrons. The van der Waals surface area contributed by atoms with E-state index >= 15 is 0 Å². The molecule has 0 aliphatic carbocycles. The second-order valence-corrected chi connectivity index (χ2v) is 4.15. The molecule has 1 unspecified atom stereocenters. The molecule has 0 fully saturated rings. The van der Waals surface area contributed by atoms with Crippen molar-refractivity contribution in [2.45, 2.75) is 25.3 Å². The van der Waals surface area contributed by atoms with Gasteiger partial charge in [-0.2, -0.15) is 0 Å². The molecule has 0 bridgehead atoms. The smallest absolute Gasteiger partial charge is 0.241 e. The second-order valence-electron chi connectivity index (χ2n) is 4.15. The van der Waals surface area contributed by atoms with Crippen LogP contribution in [0.2, 0.25) is 0 Å². The molecule has 0 aliphatic heterocycles. The van der Waals surface area contributed by atoms with E-state index < -0.39 is 6.04 Å². The Morgan fingerprint density at radius 3 is 3.00 bits per heavy atom. The van der Waals surface area contributed by atoms with Gasteiger partial charge in [-0.25, -0.2) is 0 Å². The second kappa shape index (κ2) is 7.63. The fourth-order valence-corrected chi connectivity index (χ4v) is 1.61. The van der Waals surface area contributed by atoms with Crippen molar-refractivity contribution in [2.24, 2.45) is 5.73 Å². The average molecular weight is 248 g/mol. The molecule has 0 radical (unpaired) electrons. The van der Waals surface area contributed by atoms with Crippen molar-refractivity contribution in [2.75, 3.05) is 11.9 Å². The molecule has 1 atom stereocenters. The van der Waals surface area contributed by atoms with E-state index in [1.54, 1.807) is 6.08 Å². The highest BCUT2D eigenvalue weighted by Crippen LogP contribution is 2.12. The maximum atomic E-state index is 11.7. The minimum atomic E-state index is -0.566. The number of benzene rings is 1. The maximum Gasteiger partial charge on any atom is 0.241 e. The molecule has 1 aromatic carbocycles. The van der Waals surface area contributed by atoms with E-state index in [4.69, 9.17) is 10.8 Å². The number of hydrogen-bond acceptors (Lipinski definition) is 3. The number of nitrogens with one attached hydrogen (secondary N) is 1. The zero-order valence-corrected chi connectivity index (χ0v) is 10.4. The lowest BCUT2D eigenvalue weighted by molar-refractivity contribution is -0.117. The highest BCUT2D eigenvalue weighted by molar-refractivity contribution is 5.94. The van der Waals surface area contributed by atoms with Crippen molar-refractivity contribution in [1.29, 1.82) is 0 Å². The van der Waals surface area contributed by atoms with Gasteiger partial charge in [-0.1, -0.05) is 18.2 Å². The Kier molecular flexibility index (Phi) is 6.11. The normalized spacial score (nSPS) is 11.9. The van der Waals surface area contributed by atoms with Crippen molar-refractivity contribution < 1.29 is 9.90 Å². The summed E-state index contributed by atoms with van der Waals surface area (Å²) in [5.41, 5.74) is 7.49. The summed E-state index contributed by atoms with van der Waals surface area (Å²) in [6.07, 6.45) is 3.59. The Morgan fingerprint density at radius 1 is 1.56 bits per heavy atom. The molecule has 1 amide bonds. The lowest BCUT2D eigenvalue weighted by atomic mass is 10.1. The summed E-state index contributed by atoms with van der Waals surface area (Å²) in [5.74, 6) is -0.214. The van der Waals surface area contributed by atoms with Gasteiger partial charge in [0, 0.05) is 12.3 Å². The lowest BCUT2D eigenvalue weighted by Crippen LogP contribution is -2.35. The quantitative estimate of drug-likeness (QED) is 0.639. The monoisotopic (exact) mass is 248 g/mol. The molecular formula is C14H20N2O2. The Bertz CT molecular complexity index is 405. The molecule has 4 heteroatoms. The summed E-state index contributed by atoms with van der Waals surface area (Å²) in [6, 6.07) is 6.99. The van der Waals surface area contributed by atoms with Crippen LogP contribution in [0.3, 0.4) is 0 Å². The first-order chi connectivity index (χ1) is 8.67. The van der Waals surface area contributed by atoms with Crippen LogP contribution in [0.15, 0.2) is 36.9 Å². The first kappa shape index (κ1) is 14.4. The van der Waals surface area contributed by atoms with Crippen molar-refractivity contribution >= 4 is 11.6 Å². The molecule has 1 rings (SSSR count). The van der Waals surface area contributed by atoms with Crippen LogP contribution >= 0.6 is 0 Å². The Labute approximate surface area is 108 Å². The average Bonchev–Trinajstić information content (AvgIpc) is 2.37. The van der Waals surface area contributed by atoms with E-state index in [9.17, 15) is 4.79 Å². The van der Waals surface area contributed by atoms with Crippen LogP contribution in [-0.4, -0.2) is 23.7 Å². The van der Waals surface area contributed by atoms with Crippen LogP contribution in [0.5, 0.6) is 0 Å². The van der Waals surface area contributed by atoms with Gasteiger partial charge in [0.05, 0.1) is 6.04 Å². The number of amides is 1. The predicted octanol–water partition coefficient (Wildman–Crippen LogP) is 1.45. The number of hydrogen-bond donors (Lipinski definition) is 3. The molecule has 0 saturated heterocycles. The minimum Gasteiger partial charge on any atom is -0.396 e. The number of aliphatic hydroxyl groups excluding tert-OH is 1. The number of rotatable bonds is 7. The van der Waals surface area contributed by atoms with Crippen molar-refractivity contribution in [3.05, 3.63) is 42.5 Å². The number of carbonyl (C=O) groups is 1. The first-order valence-electron chi connectivity index (χ1n) is 6.04. The highest BCUT2D eigenvalue weighted by atomic mass is 16.2. The summed E-state index contributed by atoms with van der Waals surface area (Å²) in [6.45, 7) is 3.72. The van der Waals surface area contributed by atoms with Crippen LogP contribution in [0.25, 0.3) is 0 Å². The van der Waals surface area contributed by atoms with E-state index in [1.165, 1.54) is 0 Å². The van der Waals surface area contributed by atoms with E-state index in [0.29, 0.717) is 12.8 Å². The predicted molar refractivity (Wildman–Crippen MR) is 73.3 cm³/mol. The molecule has 0 heterocycles. The van der Waals surface area contributed by atoms with Crippen molar-refractivity contribution in [3.63, 3.8) is 0 Å². The van der Waals surface area contributed by atoms with Crippen LogP contribution < -0.4 is 11.1 Å². The maximum absolute atomic E-state index is 11.7. The molecule has 0 spiro atoms. The van der Waals surface area contributed by atoms with Gasteiger partial charge < -0.3 is 16.2 Å². The molecule has 0 saturated carbocycles. The number of carbonyl (C=O) groups excluding carboxylic acids is 1. The molecule has 0 aliphatic rings. The molecular weight excluding hydrogens is 228 g/mol. The zero-order chi connectivity index (χ0) is 13.4. The van der Waals surface area contributed by atoms with Gasteiger partial charge in [0.2, 0.25) is 5.91 Å². The lowest BCUT2D eigenvalue weighted by Gasteiger charge is -2.11. The Hall–Kier alpha value is -1.65. The summed E-state index contributed by atoms with van der Waals surface area (Å²) >= 11 is 0. The Morgan fingerprint density at radius 2 is 2.33 bits per heavy atom.